The third-order valence-corrected chi connectivity index (χ3v) is 5.98. The minimum absolute atomic E-state index is 0.0445. The molecule has 1 atom stereocenters. The second-order valence-electron chi connectivity index (χ2n) is 8.05. The summed E-state index contributed by atoms with van der Waals surface area (Å²) < 4.78 is 5.81. The van der Waals surface area contributed by atoms with Crippen LogP contribution in [-0.2, 0) is 4.79 Å². The van der Waals surface area contributed by atoms with Crippen LogP contribution in [-0.4, -0.2) is 49.7 Å². The Bertz CT molecular complexity index is 949. The Balaban J connectivity index is 1.33. The van der Waals surface area contributed by atoms with E-state index in [1.807, 2.05) is 0 Å². The molecule has 1 saturated heterocycles. The van der Waals surface area contributed by atoms with Gasteiger partial charge in [0, 0.05) is 18.2 Å². The molecular weight excluding hydrogens is 384 g/mol. The maximum absolute atomic E-state index is 12.4. The van der Waals surface area contributed by atoms with Crippen molar-refractivity contribution < 1.29 is 19.4 Å². The molecular formula is C22H27N4O4+. The molecule has 2 aromatic carbocycles. The number of para-hydroxylation sites is 1. The Labute approximate surface area is 175 Å². The Kier molecular flexibility index (Phi) is 5.59. The van der Waals surface area contributed by atoms with Gasteiger partial charge in [-0.15, -0.1) is 0 Å². The van der Waals surface area contributed by atoms with Gasteiger partial charge in [-0.1, -0.05) is 18.2 Å². The van der Waals surface area contributed by atoms with E-state index in [1.165, 1.54) is 39.9 Å². The number of benzene rings is 2. The van der Waals surface area contributed by atoms with Gasteiger partial charge in [-0.2, -0.15) is 0 Å². The first kappa shape index (κ1) is 20.2. The molecule has 2 heterocycles. The van der Waals surface area contributed by atoms with Crippen molar-refractivity contribution in [3.63, 3.8) is 0 Å². The molecule has 0 bridgehead atoms. The quantitative estimate of drug-likeness (QED) is 0.578. The van der Waals surface area contributed by atoms with Crippen LogP contribution in [0.1, 0.15) is 17.5 Å². The Morgan fingerprint density at radius 1 is 1.20 bits per heavy atom. The van der Waals surface area contributed by atoms with Crippen molar-refractivity contribution in [3.8, 4) is 5.75 Å². The van der Waals surface area contributed by atoms with Gasteiger partial charge < -0.3 is 19.9 Å². The number of non-ortho nitro benzene ring substituents is 1. The standard InChI is InChI=1S/C22H26N4O4/c1-15-4-3-5-16(2)21(15)25-12-10-24(11-13-25)9-8-19-22(27)23-18-7-6-17(26(28)29)14-20(18)30-19/h3-7,14,19H,8-13H2,1-2H3,(H,23,27)/p+1/t19-/m1/s1. The van der Waals surface area contributed by atoms with Crippen molar-refractivity contribution in [1.82, 2.24) is 0 Å². The molecule has 8 nitrogen and oxygen atoms in total. The molecule has 0 saturated carbocycles. The number of rotatable bonds is 5. The number of nitro benzene ring substituents is 1. The lowest BCUT2D eigenvalue weighted by molar-refractivity contribution is -0.901. The highest BCUT2D eigenvalue weighted by molar-refractivity contribution is 5.97. The predicted octanol–water partition coefficient (Wildman–Crippen LogP) is 1.71. The van der Waals surface area contributed by atoms with Crippen molar-refractivity contribution in [2.24, 2.45) is 0 Å². The number of aryl methyl sites for hydroxylation is 2. The highest BCUT2D eigenvalue weighted by Gasteiger charge is 2.31. The van der Waals surface area contributed by atoms with E-state index in [4.69, 9.17) is 4.74 Å². The molecule has 158 valence electrons. The average molecular weight is 411 g/mol. The second kappa shape index (κ2) is 8.31. The van der Waals surface area contributed by atoms with Crippen LogP contribution in [0, 0.1) is 24.0 Å². The van der Waals surface area contributed by atoms with Gasteiger partial charge in [-0.25, -0.2) is 0 Å². The van der Waals surface area contributed by atoms with E-state index in [9.17, 15) is 14.9 Å². The number of nitro groups is 1. The third kappa shape index (κ3) is 4.09. The number of carbonyl (C=O) groups is 1. The fraction of sp³-hybridized carbons (Fsp3) is 0.409. The molecule has 0 radical (unpaired) electrons. The molecule has 4 rings (SSSR count). The number of nitrogens with one attached hydrogen (secondary N) is 2. The van der Waals surface area contributed by atoms with E-state index in [-0.39, 0.29) is 11.6 Å². The monoisotopic (exact) mass is 411 g/mol. The fourth-order valence-corrected chi connectivity index (χ4v) is 4.37. The summed E-state index contributed by atoms with van der Waals surface area (Å²) >= 11 is 0. The van der Waals surface area contributed by atoms with E-state index < -0.39 is 11.0 Å². The summed E-state index contributed by atoms with van der Waals surface area (Å²) in [5, 5.41) is 13.8. The number of anilines is 2. The van der Waals surface area contributed by atoms with Gasteiger partial charge in [-0.05, 0) is 31.0 Å². The van der Waals surface area contributed by atoms with Gasteiger partial charge in [-0.3, -0.25) is 14.9 Å². The number of fused-ring (bicyclic) bond motifs is 1. The maximum atomic E-state index is 12.4. The number of piperazine rings is 1. The first-order chi connectivity index (χ1) is 14.4. The van der Waals surface area contributed by atoms with E-state index in [1.54, 1.807) is 0 Å². The summed E-state index contributed by atoms with van der Waals surface area (Å²) in [7, 11) is 0. The van der Waals surface area contributed by atoms with Crippen molar-refractivity contribution in [2.45, 2.75) is 26.4 Å². The molecule has 2 aliphatic rings. The molecule has 0 spiro atoms. The van der Waals surface area contributed by atoms with Crippen LogP contribution < -0.4 is 19.9 Å². The van der Waals surface area contributed by atoms with Crippen LogP contribution in [0.5, 0.6) is 5.75 Å². The van der Waals surface area contributed by atoms with Crippen molar-refractivity contribution >= 4 is 23.0 Å². The number of hydrogen-bond donors (Lipinski definition) is 2. The summed E-state index contributed by atoms with van der Waals surface area (Å²) in [6, 6.07) is 10.7. The van der Waals surface area contributed by atoms with Crippen LogP contribution in [0.2, 0.25) is 0 Å². The molecule has 1 amide bonds. The van der Waals surface area contributed by atoms with Gasteiger partial charge in [0.1, 0.15) is 0 Å². The van der Waals surface area contributed by atoms with Gasteiger partial charge in [0.05, 0.1) is 49.4 Å². The predicted molar refractivity (Wildman–Crippen MR) is 114 cm³/mol. The number of ether oxygens (including phenoxy) is 1. The van der Waals surface area contributed by atoms with Gasteiger partial charge in [0.2, 0.25) is 0 Å². The molecule has 30 heavy (non-hydrogen) atoms. The molecule has 1 fully saturated rings. The number of amides is 1. The Hall–Kier alpha value is -3.13. The topological polar surface area (TPSA) is 89.2 Å². The van der Waals surface area contributed by atoms with E-state index in [0.717, 1.165) is 32.7 Å². The minimum atomic E-state index is -0.622. The lowest BCUT2D eigenvalue weighted by Crippen LogP contribution is -3.15. The van der Waals surface area contributed by atoms with Gasteiger partial charge in [0.25, 0.3) is 11.6 Å². The van der Waals surface area contributed by atoms with Crippen LogP contribution in [0.25, 0.3) is 0 Å². The summed E-state index contributed by atoms with van der Waals surface area (Å²) in [6.45, 7) is 9.10. The van der Waals surface area contributed by atoms with Crippen LogP contribution in [0.3, 0.4) is 0 Å². The SMILES string of the molecule is Cc1cccc(C)c1N1CC[NH+](CC[C@H]2Oc3cc([N+](=O)[O-])ccc3NC2=O)CC1. The number of nitrogens with zero attached hydrogens (tertiary/aromatic N) is 2. The number of carbonyl (C=O) groups excluding carboxylic acids is 1. The molecule has 2 N–H and O–H groups in total. The van der Waals surface area contributed by atoms with Gasteiger partial charge in [0.15, 0.2) is 11.9 Å². The molecule has 2 aromatic rings. The van der Waals surface area contributed by atoms with E-state index in [2.05, 4.69) is 42.3 Å². The molecule has 0 aliphatic carbocycles. The minimum Gasteiger partial charge on any atom is -0.478 e. The molecule has 8 heteroatoms. The van der Waals surface area contributed by atoms with Crippen molar-refractivity contribution in [1.29, 1.82) is 0 Å². The van der Waals surface area contributed by atoms with Crippen molar-refractivity contribution in [3.05, 3.63) is 57.6 Å². The smallest absolute Gasteiger partial charge is 0.273 e. The molecule has 0 aromatic heterocycles. The maximum Gasteiger partial charge on any atom is 0.273 e. The Morgan fingerprint density at radius 2 is 1.90 bits per heavy atom. The summed E-state index contributed by atoms with van der Waals surface area (Å²) in [4.78, 5) is 26.8. The zero-order valence-corrected chi connectivity index (χ0v) is 17.3. The third-order valence-electron chi connectivity index (χ3n) is 5.98. The summed E-state index contributed by atoms with van der Waals surface area (Å²) in [6.07, 6.45) is -0.0455. The van der Waals surface area contributed by atoms with Crippen LogP contribution in [0.4, 0.5) is 17.1 Å². The highest BCUT2D eigenvalue weighted by atomic mass is 16.6. The lowest BCUT2D eigenvalue weighted by atomic mass is 10.1. The summed E-state index contributed by atoms with van der Waals surface area (Å²) in [5.41, 5.74) is 4.38. The zero-order valence-electron chi connectivity index (χ0n) is 17.3. The second-order valence-corrected chi connectivity index (χ2v) is 8.05. The number of hydrogen-bond acceptors (Lipinski definition) is 5. The Morgan fingerprint density at radius 3 is 2.57 bits per heavy atom. The first-order valence-corrected chi connectivity index (χ1v) is 10.3. The largest absolute Gasteiger partial charge is 0.478 e. The van der Waals surface area contributed by atoms with Crippen LogP contribution in [0.15, 0.2) is 36.4 Å². The van der Waals surface area contributed by atoms with Gasteiger partial charge >= 0.3 is 0 Å². The molecule has 2 aliphatic heterocycles. The van der Waals surface area contributed by atoms with Crippen molar-refractivity contribution in [2.75, 3.05) is 42.9 Å². The van der Waals surface area contributed by atoms with Crippen LogP contribution >= 0.6 is 0 Å². The number of quaternary nitrogens is 1. The fourth-order valence-electron chi connectivity index (χ4n) is 4.37. The molecule has 0 unspecified atom stereocenters. The lowest BCUT2D eigenvalue weighted by Gasteiger charge is -2.36. The summed E-state index contributed by atoms with van der Waals surface area (Å²) in [5.74, 6) is 0.175. The zero-order chi connectivity index (χ0) is 21.3. The average Bonchev–Trinajstić information content (AvgIpc) is 2.72. The van der Waals surface area contributed by atoms with E-state index >= 15 is 0 Å². The first-order valence-electron chi connectivity index (χ1n) is 10.3. The highest BCUT2D eigenvalue weighted by Crippen LogP contribution is 2.33. The normalized spacial score (nSPS) is 19.1. The van der Waals surface area contributed by atoms with E-state index in [0.29, 0.717) is 17.9 Å².